The van der Waals surface area contributed by atoms with Gasteiger partial charge in [0, 0.05) is 30.9 Å². The van der Waals surface area contributed by atoms with E-state index in [0.29, 0.717) is 5.69 Å². The quantitative estimate of drug-likeness (QED) is 0.718. The molecule has 0 saturated carbocycles. The first-order valence-corrected chi connectivity index (χ1v) is 11.3. The lowest BCUT2D eigenvalue weighted by molar-refractivity contribution is -0.121. The summed E-state index contributed by atoms with van der Waals surface area (Å²) in [6.07, 6.45) is 3.86. The molecule has 4 rings (SSSR count). The number of amides is 3. The lowest BCUT2D eigenvalue weighted by Gasteiger charge is -2.28. The molecule has 2 aromatic rings. The number of para-hydroxylation sites is 1. The number of hydrogen-bond acceptors (Lipinski definition) is 5. The van der Waals surface area contributed by atoms with Gasteiger partial charge in [-0.05, 0) is 55.7 Å². The fourth-order valence-electron chi connectivity index (χ4n) is 3.86. The smallest absolute Gasteiger partial charge is 0.247 e. The van der Waals surface area contributed by atoms with Crippen molar-refractivity contribution in [3.63, 3.8) is 0 Å². The van der Waals surface area contributed by atoms with E-state index in [2.05, 4.69) is 10.2 Å². The lowest BCUT2D eigenvalue weighted by atomic mass is 10.1. The van der Waals surface area contributed by atoms with Crippen LogP contribution >= 0.6 is 11.8 Å². The van der Waals surface area contributed by atoms with Gasteiger partial charge in [0.25, 0.3) is 0 Å². The minimum Gasteiger partial charge on any atom is -0.372 e. The molecule has 0 bridgehead atoms. The molecule has 2 heterocycles. The van der Waals surface area contributed by atoms with Gasteiger partial charge in [-0.15, -0.1) is 11.8 Å². The van der Waals surface area contributed by atoms with Crippen molar-refractivity contribution in [2.45, 2.75) is 30.9 Å². The first-order valence-electron chi connectivity index (χ1n) is 10.3. The first-order chi connectivity index (χ1) is 14.6. The standard InChI is InChI=1S/C23H25N3O3S/c27-21(24-17-9-11-18(12-10-17)25-13-5-2-6-14-25)16-30-20-15-22(28)26(23(20)29)19-7-3-1-4-8-19/h1,3-4,7-12,20H,2,5-6,13-16H2,(H,24,27)/t20-/m1/s1. The number of rotatable bonds is 6. The van der Waals surface area contributed by atoms with E-state index in [9.17, 15) is 14.4 Å². The molecule has 0 aliphatic carbocycles. The molecule has 6 nitrogen and oxygen atoms in total. The second kappa shape index (κ2) is 9.34. The molecule has 2 aliphatic rings. The van der Waals surface area contributed by atoms with Gasteiger partial charge in [0.05, 0.1) is 16.7 Å². The Morgan fingerprint density at radius 2 is 1.63 bits per heavy atom. The van der Waals surface area contributed by atoms with Crippen LogP contribution < -0.4 is 15.1 Å². The fourth-order valence-corrected chi connectivity index (χ4v) is 4.80. The van der Waals surface area contributed by atoms with E-state index in [-0.39, 0.29) is 29.9 Å². The van der Waals surface area contributed by atoms with Crippen molar-refractivity contribution < 1.29 is 14.4 Å². The van der Waals surface area contributed by atoms with Crippen LogP contribution in [0, 0.1) is 0 Å². The number of carbonyl (C=O) groups excluding carboxylic acids is 3. The number of piperidine rings is 1. The van der Waals surface area contributed by atoms with E-state index in [0.717, 1.165) is 18.8 Å². The average molecular weight is 424 g/mol. The predicted molar refractivity (Wildman–Crippen MR) is 121 cm³/mol. The van der Waals surface area contributed by atoms with Crippen LogP contribution in [0.25, 0.3) is 0 Å². The van der Waals surface area contributed by atoms with Crippen LogP contribution in [-0.4, -0.2) is 41.8 Å². The predicted octanol–water partition coefficient (Wildman–Crippen LogP) is 3.68. The van der Waals surface area contributed by atoms with Crippen LogP contribution in [0.1, 0.15) is 25.7 Å². The summed E-state index contributed by atoms with van der Waals surface area (Å²) in [6.45, 7) is 2.16. The summed E-state index contributed by atoms with van der Waals surface area (Å²) in [5.74, 6) is -0.531. The Morgan fingerprint density at radius 1 is 0.933 bits per heavy atom. The molecule has 0 radical (unpaired) electrons. The molecule has 2 aromatic carbocycles. The minimum absolute atomic E-state index is 0.121. The highest BCUT2D eigenvalue weighted by atomic mass is 32.2. The molecule has 0 unspecified atom stereocenters. The van der Waals surface area contributed by atoms with Crippen molar-refractivity contribution in [2.24, 2.45) is 0 Å². The average Bonchev–Trinajstić information content (AvgIpc) is 3.07. The SMILES string of the molecule is O=C(CS[C@@H]1CC(=O)N(c2ccccc2)C1=O)Nc1ccc(N2CCCCC2)cc1. The van der Waals surface area contributed by atoms with E-state index in [1.807, 2.05) is 30.3 Å². The van der Waals surface area contributed by atoms with E-state index >= 15 is 0 Å². The maximum atomic E-state index is 12.6. The van der Waals surface area contributed by atoms with Crippen molar-refractivity contribution in [1.29, 1.82) is 0 Å². The van der Waals surface area contributed by atoms with Gasteiger partial charge in [-0.25, -0.2) is 4.90 Å². The summed E-state index contributed by atoms with van der Waals surface area (Å²) in [4.78, 5) is 40.8. The number of nitrogens with one attached hydrogen (secondary N) is 1. The largest absolute Gasteiger partial charge is 0.372 e. The van der Waals surface area contributed by atoms with Crippen LogP contribution in [0.2, 0.25) is 0 Å². The number of hydrogen-bond donors (Lipinski definition) is 1. The molecule has 2 fully saturated rings. The number of thioether (sulfide) groups is 1. The lowest BCUT2D eigenvalue weighted by Crippen LogP contribution is -2.31. The molecule has 0 spiro atoms. The molecular weight excluding hydrogens is 398 g/mol. The van der Waals surface area contributed by atoms with Gasteiger partial charge in [-0.1, -0.05) is 18.2 Å². The van der Waals surface area contributed by atoms with E-state index in [1.54, 1.807) is 24.3 Å². The summed E-state index contributed by atoms with van der Waals surface area (Å²) in [5.41, 5.74) is 2.49. The molecule has 156 valence electrons. The molecule has 2 aliphatic heterocycles. The highest BCUT2D eigenvalue weighted by Gasteiger charge is 2.39. The minimum atomic E-state index is -0.523. The third-order valence-electron chi connectivity index (χ3n) is 5.41. The number of benzene rings is 2. The molecule has 1 N–H and O–H groups in total. The highest BCUT2D eigenvalue weighted by Crippen LogP contribution is 2.29. The molecule has 2 saturated heterocycles. The second-order valence-corrected chi connectivity index (χ2v) is 8.74. The van der Waals surface area contributed by atoms with Gasteiger partial charge in [0.15, 0.2) is 0 Å². The Balaban J connectivity index is 1.28. The maximum Gasteiger partial charge on any atom is 0.247 e. The third kappa shape index (κ3) is 4.67. The van der Waals surface area contributed by atoms with Gasteiger partial charge < -0.3 is 10.2 Å². The molecule has 3 amide bonds. The molecule has 0 aromatic heterocycles. The number of nitrogens with zero attached hydrogens (tertiary/aromatic N) is 2. The van der Waals surface area contributed by atoms with E-state index < -0.39 is 5.25 Å². The van der Waals surface area contributed by atoms with Crippen LogP contribution in [0.15, 0.2) is 54.6 Å². The Morgan fingerprint density at radius 3 is 2.33 bits per heavy atom. The summed E-state index contributed by atoms with van der Waals surface area (Å²) in [7, 11) is 0. The van der Waals surface area contributed by atoms with E-state index in [4.69, 9.17) is 0 Å². The number of imide groups is 1. The Labute approximate surface area is 180 Å². The van der Waals surface area contributed by atoms with Crippen molar-refractivity contribution >= 4 is 46.5 Å². The van der Waals surface area contributed by atoms with Crippen molar-refractivity contribution in [3.8, 4) is 0 Å². The van der Waals surface area contributed by atoms with Gasteiger partial charge in [-0.3, -0.25) is 14.4 Å². The monoisotopic (exact) mass is 423 g/mol. The van der Waals surface area contributed by atoms with Gasteiger partial charge >= 0.3 is 0 Å². The summed E-state index contributed by atoms with van der Waals surface area (Å²) < 4.78 is 0. The fraction of sp³-hybridized carbons (Fsp3) is 0.348. The Hall–Kier alpha value is -2.80. The zero-order valence-electron chi connectivity index (χ0n) is 16.8. The van der Waals surface area contributed by atoms with Crippen LogP contribution in [0.3, 0.4) is 0 Å². The van der Waals surface area contributed by atoms with Gasteiger partial charge in [0.1, 0.15) is 0 Å². The van der Waals surface area contributed by atoms with Crippen molar-refractivity contribution in [3.05, 3.63) is 54.6 Å². The summed E-state index contributed by atoms with van der Waals surface area (Å²) in [6, 6.07) is 16.8. The zero-order valence-corrected chi connectivity index (χ0v) is 17.6. The first kappa shape index (κ1) is 20.5. The van der Waals surface area contributed by atoms with Crippen molar-refractivity contribution in [2.75, 3.05) is 34.0 Å². The molecular formula is C23H25N3O3S. The van der Waals surface area contributed by atoms with E-state index in [1.165, 1.54) is 41.6 Å². The van der Waals surface area contributed by atoms with Crippen molar-refractivity contribution in [1.82, 2.24) is 0 Å². The Bertz CT molecular complexity index is 911. The molecule has 7 heteroatoms. The highest BCUT2D eigenvalue weighted by molar-refractivity contribution is 8.01. The maximum absolute atomic E-state index is 12.6. The van der Waals surface area contributed by atoms with Crippen LogP contribution in [0.5, 0.6) is 0 Å². The topological polar surface area (TPSA) is 69.7 Å². The Kier molecular flexibility index (Phi) is 6.38. The number of anilines is 3. The van der Waals surface area contributed by atoms with Gasteiger partial charge in [0.2, 0.25) is 17.7 Å². The zero-order chi connectivity index (χ0) is 20.9. The second-order valence-electron chi connectivity index (χ2n) is 7.55. The summed E-state index contributed by atoms with van der Waals surface area (Å²) in [5, 5.41) is 2.35. The summed E-state index contributed by atoms with van der Waals surface area (Å²) >= 11 is 1.22. The number of carbonyl (C=O) groups is 3. The molecule has 1 atom stereocenters. The van der Waals surface area contributed by atoms with Crippen LogP contribution in [-0.2, 0) is 14.4 Å². The third-order valence-corrected chi connectivity index (χ3v) is 6.61. The molecule has 30 heavy (non-hydrogen) atoms. The van der Waals surface area contributed by atoms with Gasteiger partial charge in [-0.2, -0.15) is 0 Å². The van der Waals surface area contributed by atoms with Crippen LogP contribution in [0.4, 0.5) is 17.1 Å². The normalized spacial score (nSPS) is 19.3.